The number of piperidine rings is 1. The molecule has 0 unspecified atom stereocenters. The van der Waals surface area contributed by atoms with Crippen LogP contribution in [0.5, 0.6) is 5.75 Å². The van der Waals surface area contributed by atoms with E-state index in [4.69, 9.17) is 10.5 Å². The van der Waals surface area contributed by atoms with E-state index in [0.717, 1.165) is 31.7 Å². The molecule has 2 N–H and O–H groups in total. The van der Waals surface area contributed by atoms with E-state index in [1.165, 1.54) is 5.56 Å². The molecule has 0 aromatic heterocycles. The molecule has 1 saturated heterocycles. The highest BCUT2D eigenvalue weighted by Gasteiger charge is 2.25. The van der Waals surface area contributed by atoms with Gasteiger partial charge < -0.3 is 15.4 Å². The summed E-state index contributed by atoms with van der Waals surface area (Å²) >= 11 is 0. The zero-order valence-corrected chi connectivity index (χ0v) is 11.6. The van der Waals surface area contributed by atoms with E-state index in [1.54, 1.807) is 14.0 Å². The molecule has 19 heavy (non-hydrogen) atoms. The maximum atomic E-state index is 11.8. The van der Waals surface area contributed by atoms with Crippen molar-refractivity contribution in [1.82, 2.24) is 4.90 Å². The number of likely N-dealkylation sites (tertiary alicyclic amines) is 1. The lowest BCUT2D eigenvalue weighted by atomic mass is 9.89. The fraction of sp³-hybridized carbons (Fsp3) is 0.533. The second-order valence-corrected chi connectivity index (χ2v) is 5.16. The number of amides is 1. The van der Waals surface area contributed by atoms with Crippen molar-refractivity contribution in [2.75, 3.05) is 20.2 Å². The van der Waals surface area contributed by atoms with E-state index in [1.807, 2.05) is 17.0 Å². The fourth-order valence-corrected chi connectivity index (χ4v) is 2.60. The van der Waals surface area contributed by atoms with Gasteiger partial charge in [0.25, 0.3) is 0 Å². The first-order chi connectivity index (χ1) is 9.11. The van der Waals surface area contributed by atoms with Gasteiger partial charge in [0.1, 0.15) is 5.75 Å². The summed E-state index contributed by atoms with van der Waals surface area (Å²) in [4.78, 5) is 13.7. The Morgan fingerprint density at radius 2 is 1.89 bits per heavy atom. The number of benzene rings is 1. The van der Waals surface area contributed by atoms with Gasteiger partial charge in [-0.25, -0.2) is 0 Å². The number of nitrogens with two attached hydrogens (primary N) is 1. The minimum Gasteiger partial charge on any atom is -0.497 e. The van der Waals surface area contributed by atoms with Crippen molar-refractivity contribution in [2.24, 2.45) is 5.73 Å². The lowest BCUT2D eigenvalue weighted by Crippen LogP contribution is -2.45. The summed E-state index contributed by atoms with van der Waals surface area (Å²) in [6.45, 7) is 3.35. The number of ether oxygens (including phenoxy) is 1. The molecule has 1 aromatic carbocycles. The van der Waals surface area contributed by atoms with Crippen molar-refractivity contribution >= 4 is 5.91 Å². The molecule has 0 saturated carbocycles. The van der Waals surface area contributed by atoms with Crippen LogP contribution in [0.15, 0.2) is 24.3 Å². The molecule has 1 atom stereocenters. The highest BCUT2D eigenvalue weighted by Crippen LogP contribution is 2.29. The number of hydrogen-bond donors (Lipinski definition) is 1. The average Bonchev–Trinajstić information content (AvgIpc) is 2.46. The molecule has 4 heteroatoms. The Labute approximate surface area is 114 Å². The Bertz CT molecular complexity index is 420. The molecular weight excluding hydrogens is 240 g/mol. The third-order valence-corrected chi connectivity index (χ3v) is 3.78. The molecule has 1 fully saturated rings. The Morgan fingerprint density at radius 1 is 1.32 bits per heavy atom. The highest BCUT2D eigenvalue weighted by atomic mass is 16.5. The maximum Gasteiger partial charge on any atom is 0.239 e. The van der Waals surface area contributed by atoms with Crippen LogP contribution in [0, 0.1) is 0 Å². The largest absolute Gasteiger partial charge is 0.497 e. The van der Waals surface area contributed by atoms with Crippen LogP contribution in [-0.2, 0) is 4.79 Å². The Kier molecular flexibility index (Phi) is 4.43. The smallest absolute Gasteiger partial charge is 0.239 e. The monoisotopic (exact) mass is 262 g/mol. The number of carbonyl (C=O) groups excluding carboxylic acids is 1. The summed E-state index contributed by atoms with van der Waals surface area (Å²) in [6, 6.07) is 7.83. The fourth-order valence-electron chi connectivity index (χ4n) is 2.60. The Morgan fingerprint density at radius 3 is 2.37 bits per heavy atom. The van der Waals surface area contributed by atoms with E-state index in [2.05, 4.69) is 12.1 Å². The van der Waals surface area contributed by atoms with Gasteiger partial charge in [0.05, 0.1) is 13.2 Å². The van der Waals surface area contributed by atoms with Crippen LogP contribution in [0.1, 0.15) is 31.2 Å². The number of carbonyl (C=O) groups is 1. The van der Waals surface area contributed by atoms with Gasteiger partial charge in [0.2, 0.25) is 5.91 Å². The van der Waals surface area contributed by atoms with E-state index in [9.17, 15) is 4.79 Å². The second kappa shape index (κ2) is 6.06. The van der Waals surface area contributed by atoms with Gasteiger partial charge >= 0.3 is 0 Å². The summed E-state index contributed by atoms with van der Waals surface area (Å²) in [6.07, 6.45) is 2.01. The van der Waals surface area contributed by atoms with Gasteiger partial charge in [-0.05, 0) is 43.4 Å². The van der Waals surface area contributed by atoms with Crippen LogP contribution in [-0.4, -0.2) is 37.0 Å². The van der Waals surface area contributed by atoms with Gasteiger partial charge in [0.15, 0.2) is 0 Å². The zero-order valence-electron chi connectivity index (χ0n) is 11.6. The SMILES string of the molecule is COc1ccc(C2CCN(C(=O)[C@@H](C)N)CC2)cc1. The summed E-state index contributed by atoms with van der Waals surface area (Å²) in [5.74, 6) is 1.48. The number of methoxy groups -OCH3 is 1. The molecule has 1 amide bonds. The number of nitrogens with zero attached hydrogens (tertiary/aromatic N) is 1. The number of hydrogen-bond acceptors (Lipinski definition) is 3. The van der Waals surface area contributed by atoms with E-state index in [-0.39, 0.29) is 5.91 Å². The first kappa shape index (κ1) is 13.9. The summed E-state index contributed by atoms with van der Waals surface area (Å²) in [5.41, 5.74) is 6.97. The van der Waals surface area contributed by atoms with Crippen molar-refractivity contribution in [3.05, 3.63) is 29.8 Å². The summed E-state index contributed by atoms with van der Waals surface area (Å²) in [7, 11) is 1.67. The minimum absolute atomic E-state index is 0.0631. The average molecular weight is 262 g/mol. The van der Waals surface area contributed by atoms with Gasteiger partial charge in [-0.2, -0.15) is 0 Å². The van der Waals surface area contributed by atoms with Crippen molar-refractivity contribution in [2.45, 2.75) is 31.7 Å². The molecule has 0 radical (unpaired) electrons. The third-order valence-electron chi connectivity index (χ3n) is 3.78. The Balaban J connectivity index is 1.94. The molecule has 0 bridgehead atoms. The quantitative estimate of drug-likeness (QED) is 0.903. The molecule has 1 aliphatic rings. The standard InChI is InChI=1S/C15H22N2O2/c1-11(16)15(18)17-9-7-13(8-10-17)12-3-5-14(19-2)6-4-12/h3-6,11,13H,7-10,16H2,1-2H3/t11-/m1/s1. The van der Waals surface area contributed by atoms with Gasteiger partial charge in [-0.15, -0.1) is 0 Å². The van der Waals surface area contributed by atoms with E-state index >= 15 is 0 Å². The van der Waals surface area contributed by atoms with Crippen LogP contribution >= 0.6 is 0 Å². The van der Waals surface area contributed by atoms with Crippen LogP contribution in [0.25, 0.3) is 0 Å². The second-order valence-electron chi connectivity index (χ2n) is 5.16. The van der Waals surface area contributed by atoms with Crippen molar-refractivity contribution in [3.63, 3.8) is 0 Å². The molecule has 1 heterocycles. The minimum atomic E-state index is -0.391. The first-order valence-electron chi connectivity index (χ1n) is 6.80. The number of rotatable bonds is 3. The molecule has 4 nitrogen and oxygen atoms in total. The molecule has 1 aromatic rings. The van der Waals surface area contributed by atoms with Crippen molar-refractivity contribution in [3.8, 4) is 5.75 Å². The molecule has 0 spiro atoms. The maximum absolute atomic E-state index is 11.8. The first-order valence-corrected chi connectivity index (χ1v) is 6.80. The molecule has 1 aliphatic heterocycles. The lowest BCUT2D eigenvalue weighted by molar-refractivity contribution is -0.133. The van der Waals surface area contributed by atoms with Crippen LogP contribution in [0.2, 0.25) is 0 Å². The molecule has 0 aliphatic carbocycles. The highest BCUT2D eigenvalue weighted by molar-refractivity contribution is 5.81. The van der Waals surface area contributed by atoms with Crippen LogP contribution in [0.3, 0.4) is 0 Å². The van der Waals surface area contributed by atoms with E-state index < -0.39 is 6.04 Å². The Hall–Kier alpha value is -1.55. The lowest BCUT2D eigenvalue weighted by Gasteiger charge is -2.33. The van der Waals surface area contributed by atoms with Gasteiger partial charge in [-0.3, -0.25) is 4.79 Å². The summed E-state index contributed by atoms with van der Waals surface area (Å²) < 4.78 is 5.16. The van der Waals surface area contributed by atoms with Gasteiger partial charge in [-0.1, -0.05) is 12.1 Å². The summed E-state index contributed by atoms with van der Waals surface area (Å²) in [5, 5.41) is 0. The third kappa shape index (κ3) is 3.26. The van der Waals surface area contributed by atoms with Crippen molar-refractivity contribution in [1.29, 1.82) is 0 Å². The van der Waals surface area contributed by atoms with E-state index in [0.29, 0.717) is 5.92 Å². The molecular formula is C15H22N2O2. The van der Waals surface area contributed by atoms with Crippen molar-refractivity contribution < 1.29 is 9.53 Å². The van der Waals surface area contributed by atoms with Crippen LogP contribution in [0.4, 0.5) is 0 Å². The normalized spacial score (nSPS) is 18.2. The zero-order chi connectivity index (χ0) is 13.8. The molecule has 104 valence electrons. The predicted molar refractivity (Wildman–Crippen MR) is 75.2 cm³/mol. The van der Waals surface area contributed by atoms with Gasteiger partial charge in [0, 0.05) is 13.1 Å². The topological polar surface area (TPSA) is 55.6 Å². The predicted octanol–water partition coefficient (Wildman–Crippen LogP) is 1.75. The molecule has 2 rings (SSSR count). The van der Waals surface area contributed by atoms with Crippen LogP contribution < -0.4 is 10.5 Å².